The molecule has 1 atom stereocenters. The van der Waals surface area contributed by atoms with E-state index in [0.29, 0.717) is 0 Å². The van der Waals surface area contributed by atoms with Crippen LogP contribution in [-0.2, 0) is 0 Å². The van der Waals surface area contributed by atoms with E-state index in [1.807, 2.05) is 0 Å². The van der Waals surface area contributed by atoms with Crippen molar-refractivity contribution in [2.24, 2.45) is 0 Å². The predicted octanol–water partition coefficient (Wildman–Crippen LogP) is 3.60. The van der Waals surface area contributed by atoms with Crippen molar-refractivity contribution in [3.8, 4) is 11.5 Å². The summed E-state index contributed by atoms with van der Waals surface area (Å²) in [6, 6.07) is 4.19. The average molecular weight is 288 g/mol. The molecule has 1 aromatic carbocycles. The Balaban J connectivity index is 2.52. The zero-order chi connectivity index (χ0) is 13.3. The number of halogens is 2. The lowest BCUT2D eigenvalue weighted by Crippen LogP contribution is -1.92. The molecular weight excluding hydrogens is 281 g/mol. The number of nitrogens with zero attached hydrogens (tertiary/aromatic N) is 3. The van der Waals surface area contributed by atoms with Crippen molar-refractivity contribution >= 4 is 28.9 Å². The van der Waals surface area contributed by atoms with Gasteiger partial charge in [0, 0.05) is 11.1 Å². The van der Waals surface area contributed by atoms with Crippen LogP contribution in [0.1, 0.15) is 18.1 Å². The molecule has 0 saturated heterocycles. The Morgan fingerprint density at radius 3 is 2.78 bits per heavy atom. The molecule has 0 aliphatic carbocycles. The Morgan fingerprint density at radius 1 is 1.50 bits per heavy atom. The van der Waals surface area contributed by atoms with Crippen LogP contribution in [0.25, 0.3) is 11.5 Å². The molecule has 94 valence electrons. The standard InChI is InChI=1S/C10H7Cl2N3O3/c1-5(11)9-13-10(18-14-9)7-3-2-6(12)4-8(7)15(16)17/h2-5H,1H3. The number of nitro groups is 1. The fourth-order valence-electron chi connectivity index (χ4n) is 1.34. The zero-order valence-electron chi connectivity index (χ0n) is 9.13. The van der Waals surface area contributed by atoms with Crippen LogP contribution in [0, 0.1) is 10.1 Å². The van der Waals surface area contributed by atoms with Crippen LogP contribution in [0.5, 0.6) is 0 Å². The monoisotopic (exact) mass is 287 g/mol. The van der Waals surface area contributed by atoms with Gasteiger partial charge in [0.15, 0.2) is 5.82 Å². The normalized spacial score (nSPS) is 12.4. The van der Waals surface area contributed by atoms with Crippen molar-refractivity contribution in [2.45, 2.75) is 12.3 Å². The molecule has 1 unspecified atom stereocenters. The van der Waals surface area contributed by atoms with Gasteiger partial charge in [-0.25, -0.2) is 0 Å². The number of hydrogen-bond donors (Lipinski definition) is 0. The van der Waals surface area contributed by atoms with E-state index < -0.39 is 10.3 Å². The fourth-order valence-corrected chi connectivity index (χ4v) is 1.60. The molecular formula is C10H7Cl2N3O3. The molecule has 0 aliphatic heterocycles. The van der Waals surface area contributed by atoms with E-state index in [4.69, 9.17) is 27.7 Å². The van der Waals surface area contributed by atoms with E-state index in [9.17, 15) is 10.1 Å². The first-order valence-corrected chi connectivity index (χ1v) is 5.72. The number of hydrogen-bond acceptors (Lipinski definition) is 5. The SMILES string of the molecule is CC(Cl)c1noc(-c2ccc(Cl)cc2[N+](=O)[O-])n1. The maximum Gasteiger partial charge on any atom is 0.283 e. The summed E-state index contributed by atoms with van der Waals surface area (Å²) >= 11 is 11.5. The topological polar surface area (TPSA) is 82.1 Å². The summed E-state index contributed by atoms with van der Waals surface area (Å²) in [5, 5.41) is 14.4. The minimum Gasteiger partial charge on any atom is -0.334 e. The molecule has 1 heterocycles. The van der Waals surface area contributed by atoms with E-state index >= 15 is 0 Å². The third kappa shape index (κ3) is 2.44. The molecule has 0 N–H and O–H groups in total. The Morgan fingerprint density at radius 2 is 2.22 bits per heavy atom. The van der Waals surface area contributed by atoms with Gasteiger partial charge in [-0.05, 0) is 19.1 Å². The third-order valence-corrected chi connectivity index (χ3v) is 2.61. The summed E-state index contributed by atoms with van der Waals surface area (Å²) in [6.07, 6.45) is 0. The number of rotatable bonds is 3. The number of benzene rings is 1. The van der Waals surface area contributed by atoms with Gasteiger partial charge in [-0.1, -0.05) is 16.8 Å². The molecule has 8 heteroatoms. The Hall–Kier alpha value is -1.66. The second kappa shape index (κ2) is 4.91. The Kier molecular flexibility index (Phi) is 3.49. The van der Waals surface area contributed by atoms with Gasteiger partial charge in [-0.15, -0.1) is 11.6 Å². The molecule has 0 saturated carbocycles. The molecule has 0 bridgehead atoms. The van der Waals surface area contributed by atoms with Crippen molar-refractivity contribution in [2.75, 3.05) is 0 Å². The molecule has 2 rings (SSSR count). The molecule has 0 amide bonds. The fraction of sp³-hybridized carbons (Fsp3) is 0.200. The highest BCUT2D eigenvalue weighted by molar-refractivity contribution is 6.30. The average Bonchev–Trinajstić information content (AvgIpc) is 2.78. The molecule has 1 aromatic heterocycles. The third-order valence-electron chi connectivity index (χ3n) is 2.18. The smallest absolute Gasteiger partial charge is 0.283 e. The van der Waals surface area contributed by atoms with Gasteiger partial charge in [-0.3, -0.25) is 10.1 Å². The lowest BCUT2D eigenvalue weighted by atomic mass is 10.2. The van der Waals surface area contributed by atoms with Crippen molar-refractivity contribution in [1.29, 1.82) is 0 Å². The summed E-state index contributed by atoms with van der Waals surface area (Å²) < 4.78 is 4.95. The van der Waals surface area contributed by atoms with Gasteiger partial charge in [0.1, 0.15) is 5.56 Å². The minimum atomic E-state index is -0.560. The number of nitro benzene ring substituents is 1. The largest absolute Gasteiger partial charge is 0.334 e. The van der Waals surface area contributed by atoms with E-state index in [-0.39, 0.29) is 28.0 Å². The number of alkyl halides is 1. The lowest BCUT2D eigenvalue weighted by molar-refractivity contribution is -0.384. The van der Waals surface area contributed by atoms with Gasteiger partial charge >= 0.3 is 0 Å². The van der Waals surface area contributed by atoms with Crippen LogP contribution in [0.15, 0.2) is 22.7 Å². The quantitative estimate of drug-likeness (QED) is 0.489. The van der Waals surface area contributed by atoms with Crippen LogP contribution in [-0.4, -0.2) is 15.1 Å². The maximum absolute atomic E-state index is 10.9. The van der Waals surface area contributed by atoms with Crippen molar-refractivity contribution in [3.05, 3.63) is 39.2 Å². The van der Waals surface area contributed by atoms with Crippen LogP contribution in [0.3, 0.4) is 0 Å². The maximum atomic E-state index is 10.9. The second-order valence-corrected chi connectivity index (χ2v) is 4.58. The first-order chi connectivity index (χ1) is 8.49. The first kappa shape index (κ1) is 12.8. The summed E-state index contributed by atoms with van der Waals surface area (Å²) in [6.45, 7) is 1.67. The van der Waals surface area contributed by atoms with Gasteiger partial charge < -0.3 is 4.52 Å². The molecule has 0 radical (unpaired) electrons. The second-order valence-electron chi connectivity index (χ2n) is 3.49. The Bertz CT molecular complexity index is 598. The van der Waals surface area contributed by atoms with Crippen molar-refractivity contribution in [1.82, 2.24) is 10.1 Å². The molecule has 2 aromatic rings. The highest BCUT2D eigenvalue weighted by atomic mass is 35.5. The van der Waals surface area contributed by atoms with Crippen LogP contribution < -0.4 is 0 Å². The summed E-state index contributed by atoms with van der Waals surface area (Å²) in [7, 11) is 0. The molecule has 0 fully saturated rings. The first-order valence-electron chi connectivity index (χ1n) is 4.91. The van der Waals surface area contributed by atoms with Gasteiger partial charge in [-0.2, -0.15) is 4.98 Å². The van der Waals surface area contributed by atoms with E-state index in [1.54, 1.807) is 6.92 Å². The van der Waals surface area contributed by atoms with Gasteiger partial charge in [0.05, 0.1) is 10.3 Å². The molecule has 0 aliphatic rings. The highest BCUT2D eigenvalue weighted by Gasteiger charge is 2.21. The summed E-state index contributed by atoms with van der Waals surface area (Å²) in [4.78, 5) is 14.4. The van der Waals surface area contributed by atoms with Crippen LogP contribution >= 0.6 is 23.2 Å². The van der Waals surface area contributed by atoms with Gasteiger partial charge in [0.25, 0.3) is 11.6 Å². The zero-order valence-corrected chi connectivity index (χ0v) is 10.6. The Labute approximate surface area is 112 Å². The highest BCUT2D eigenvalue weighted by Crippen LogP contribution is 2.32. The molecule has 0 spiro atoms. The van der Waals surface area contributed by atoms with Crippen molar-refractivity contribution < 1.29 is 9.45 Å². The van der Waals surface area contributed by atoms with Crippen molar-refractivity contribution in [3.63, 3.8) is 0 Å². The van der Waals surface area contributed by atoms with E-state index in [1.165, 1.54) is 18.2 Å². The van der Waals surface area contributed by atoms with Crippen LogP contribution in [0.4, 0.5) is 5.69 Å². The van der Waals surface area contributed by atoms with E-state index in [0.717, 1.165) is 0 Å². The summed E-state index contributed by atoms with van der Waals surface area (Å²) in [5.41, 5.74) is 0.0143. The van der Waals surface area contributed by atoms with Crippen LogP contribution in [0.2, 0.25) is 5.02 Å². The molecule has 6 nitrogen and oxygen atoms in total. The molecule has 18 heavy (non-hydrogen) atoms. The lowest BCUT2D eigenvalue weighted by Gasteiger charge is -1.98. The van der Waals surface area contributed by atoms with Gasteiger partial charge in [0.2, 0.25) is 0 Å². The van der Waals surface area contributed by atoms with E-state index in [2.05, 4.69) is 10.1 Å². The summed E-state index contributed by atoms with van der Waals surface area (Å²) in [5.74, 6) is 0.316. The predicted molar refractivity (Wildman–Crippen MR) is 65.7 cm³/mol. The number of aromatic nitrogens is 2. The minimum absolute atomic E-state index is 0.0425.